The summed E-state index contributed by atoms with van der Waals surface area (Å²) in [5, 5.41) is 0.416. The molecule has 15 heavy (non-hydrogen) atoms. The molecule has 3 nitrogen and oxygen atoms in total. The number of hydrogen-bond acceptors (Lipinski definition) is 2. The van der Waals surface area contributed by atoms with E-state index in [-0.39, 0.29) is 5.78 Å². The van der Waals surface area contributed by atoms with E-state index in [4.69, 9.17) is 11.6 Å². The fourth-order valence-electron chi connectivity index (χ4n) is 1.69. The molecule has 0 aliphatic carbocycles. The second kappa shape index (κ2) is 3.66. The molecule has 2 aromatic rings. The lowest BCUT2D eigenvalue weighted by Gasteiger charge is -2.03. The van der Waals surface area contributed by atoms with Crippen molar-refractivity contribution in [3.05, 3.63) is 34.9 Å². The van der Waals surface area contributed by atoms with Crippen LogP contribution in [-0.4, -0.2) is 15.2 Å². The third-order valence-electron chi connectivity index (χ3n) is 2.32. The third kappa shape index (κ3) is 1.75. The first-order valence-corrected chi connectivity index (χ1v) is 5.09. The molecule has 4 heteroatoms. The molecule has 0 spiro atoms. The van der Waals surface area contributed by atoms with Crippen molar-refractivity contribution in [3.63, 3.8) is 0 Å². The Bertz CT molecular complexity index is 531. The van der Waals surface area contributed by atoms with E-state index in [0.29, 0.717) is 11.7 Å². The zero-order valence-electron chi connectivity index (χ0n) is 8.62. The van der Waals surface area contributed by atoms with E-state index in [1.54, 1.807) is 6.92 Å². The molecule has 0 amide bonds. The first-order valence-electron chi connectivity index (χ1n) is 4.71. The lowest BCUT2D eigenvalue weighted by Crippen LogP contribution is -2.03. The zero-order chi connectivity index (χ0) is 11.0. The van der Waals surface area contributed by atoms with Gasteiger partial charge in [0.05, 0.1) is 11.2 Å². The predicted molar refractivity (Wildman–Crippen MR) is 59.3 cm³/mol. The summed E-state index contributed by atoms with van der Waals surface area (Å²) in [4.78, 5) is 15.3. The Balaban J connectivity index is 2.69. The summed E-state index contributed by atoms with van der Waals surface area (Å²) in [7, 11) is 0. The minimum Gasteiger partial charge on any atom is -0.300 e. The number of hydrogen-bond donors (Lipinski definition) is 0. The van der Waals surface area contributed by atoms with Gasteiger partial charge in [-0.3, -0.25) is 9.20 Å². The highest BCUT2D eigenvalue weighted by molar-refractivity contribution is 6.28. The molecule has 0 fully saturated rings. The topological polar surface area (TPSA) is 34.4 Å². The monoisotopic (exact) mass is 222 g/mol. The number of carbonyl (C=O) groups is 1. The van der Waals surface area contributed by atoms with Gasteiger partial charge in [-0.25, -0.2) is 4.98 Å². The van der Waals surface area contributed by atoms with E-state index in [1.807, 2.05) is 29.5 Å². The standard InChI is InChI=1S/C11H11ClN2O/c1-7(15)6-9-4-3-5-10-8(2)13-11(12)14(9)10/h3-5H,6H2,1-2H3. The van der Waals surface area contributed by atoms with Crippen LogP contribution in [0.3, 0.4) is 0 Å². The van der Waals surface area contributed by atoms with Gasteiger partial charge in [0, 0.05) is 12.1 Å². The van der Waals surface area contributed by atoms with Gasteiger partial charge < -0.3 is 0 Å². The Morgan fingerprint density at radius 2 is 2.27 bits per heavy atom. The summed E-state index contributed by atoms with van der Waals surface area (Å²) in [5.74, 6) is 0.116. The molecule has 2 heterocycles. The first kappa shape index (κ1) is 10.2. The third-order valence-corrected chi connectivity index (χ3v) is 2.57. The molecular formula is C11H11ClN2O. The number of aryl methyl sites for hydroxylation is 1. The molecule has 2 rings (SSSR count). The number of aromatic nitrogens is 2. The van der Waals surface area contributed by atoms with E-state index >= 15 is 0 Å². The molecule has 78 valence electrons. The Morgan fingerprint density at radius 3 is 2.93 bits per heavy atom. The Kier molecular flexibility index (Phi) is 2.49. The van der Waals surface area contributed by atoms with Crippen molar-refractivity contribution in [1.29, 1.82) is 0 Å². The maximum Gasteiger partial charge on any atom is 0.207 e. The Morgan fingerprint density at radius 1 is 1.53 bits per heavy atom. The lowest BCUT2D eigenvalue weighted by atomic mass is 10.2. The molecule has 0 aliphatic rings. The van der Waals surface area contributed by atoms with Crippen LogP contribution in [0.2, 0.25) is 5.28 Å². The molecule has 0 bridgehead atoms. The first-order chi connectivity index (χ1) is 7.09. The summed E-state index contributed by atoms with van der Waals surface area (Å²) in [6.45, 7) is 3.47. The van der Waals surface area contributed by atoms with E-state index < -0.39 is 0 Å². The molecule has 0 aliphatic heterocycles. The average Bonchev–Trinajstić information content (AvgIpc) is 2.43. The Labute approximate surface area is 92.7 Å². The van der Waals surface area contributed by atoms with Crippen molar-refractivity contribution in [2.24, 2.45) is 0 Å². The van der Waals surface area contributed by atoms with Crippen LogP contribution < -0.4 is 0 Å². The fraction of sp³-hybridized carbons (Fsp3) is 0.273. The van der Waals surface area contributed by atoms with Gasteiger partial charge in [0.2, 0.25) is 5.28 Å². The maximum absolute atomic E-state index is 11.1. The van der Waals surface area contributed by atoms with Crippen LogP contribution in [0.5, 0.6) is 0 Å². The van der Waals surface area contributed by atoms with Crippen LogP contribution in [0.4, 0.5) is 0 Å². The van der Waals surface area contributed by atoms with Gasteiger partial charge in [0.25, 0.3) is 0 Å². The van der Waals surface area contributed by atoms with Crippen molar-refractivity contribution >= 4 is 22.9 Å². The molecule has 0 aromatic carbocycles. The summed E-state index contributed by atoms with van der Waals surface area (Å²) >= 11 is 6.01. The number of carbonyl (C=O) groups excluding carboxylic acids is 1. The van der Waals surface area contributed by atoms with Crippen molar-refractivity contribution in [2.45, 2.75) is 20.3 Å². The van der Waals surface area contributed by atoms with E-state index in [0.717, 1.165) is 16.9 Å². The molecule has 0 N–H and O–H groups in total. The molecule has 0 saturated heterocycles. The van der Waals surface area contributed by atoms with Crippen LogP contribution in [0.25, 0.3) is 5.52 Å². The number of rotatable bonds is 2. The van der Waals surface area contributed by atoms with Crippen LogP contribution >= 0.6 is 11.6 Å². The van der Waals surface area contributed by atoms with Crippen LogP contribution in [0.15, 0.2) is 18.2 Å². The van der Waals surface area contributed by atoms with Crippen molar-refractivity contribution in [2.75, 3.05) is 0 Å². The van der Waals surface area contributed by atoms with Crippen molar-refractivity contribution in [1.82, 2.24) is 9.38 Å². The van der Waals surface area contributed by atoms with Gasteiger partial charge in [-0.15, -0.1) is 0 Å². The number of nitrogens with zero attached hydrogens (tertiary/aromatic N) is 2. The van der Waals surface area contributed by atoms with Gasteiger partial charge in [-0.1, -0.05) is 6.07 Å². The lowest BCUT2D eigenvalue weighted by molar-refractivity contribution is -0.116. The highest BCUT2D eigenvalue weighted by Crippen LogP contribution is 2.19. The van der Waals surface area contributed by atoms with Gasteiger partial charge in [-0.05, 0) is 37.6 Å². The normalized spacial score (nSPS) is 10.9. The van der Waals surface area contributed by atoms with Crippen LogP contribution in [0.1, 0.15) is 18.3 Å². The highest BCUT2D eigenvalue weighted by atomic mass is 35.5. The highest BCUT2D eigenvalue weighted by Gasteiger charge is 2.10. The molecular weight excluding hydrogens is 212 g/mol. The second-order valence-electron chi connectivity index (χ2n) is 3.58. The van der Waals surface area contributed by atoms with E-state index in [2.05, 4.69) is 4.98 Å². The van der Waals surface area contributed by atoms with Gasteiger partial charge in [-0.2, -0.15) is 0 Å². The fourth-order valence-corrected chi connectivity index (χ4v) is 2.02. The quantitative estimate of drug-likeness (QED) is 0.782. The summed E-state index contributed by atoms with van der Waals surface area (Å²) in [5.41, 5.74) is 2.72. The molecule has 0 saturated carbocycles. The summed E-state index contributed by atoms with van der Waals surface area (Å²) in [6.07, 6.45) is 0.382. The second-order valence-corrected chi connectivity index (χ2v) is 3.92. The SMILES string of the molecule is CC(=O)Cc1cccc2c(C)nc(Cl)n12. The largest absolute Gasteiger partial charge is 0.300 e. The van der Waals surface area contributed by atoms with Crippen LogP contribution in [-0.2, 0) is 11.2 Å². The number of fused-ring (bicyclic) bond motifs is 1. The molecule has 2 aromatic heterocycles. The molecule has 0 atom stereocenters. The minimum absolute atomic E-state index is 0.116. The van der Waals surface area contributed by atoms with E-state index in [9.17, 15) is 4.79 Å². The number of Topliss-reactive ketones (excluding diaryl/α,β-unsaturated/α-hetero) is 1. The van der Waals surface area contributed by atoms with Crippen LogP contribution in [0, 0.1) is 6.92 Å². The van der Waals surface area contributed by atoms with Gasteiger partial charge in [0.15, 0.2) is 0 Å². The minimum atomic E-state index is 0.116. The number of ketones is 1. The molecule has 0 radical (unpaired) electrons. The predicted octanol–water partition coefficient (Wildman–Crippen LogP) is 2.43. The summed E-state index contributed by atoms with van der Waals surface area (Å²) < 4.78 is 1.82. The zero-order valence-corrected chi connectivity index (χ0v) is 9.38. The Hall–Kier alpha value is -1.35. The van der Waals surface area contributed by atoms with Crippen molar-refractivity contribution in [3.8, 4) is 0 Å². The van der Waals surface area contributed by atoms with Gasteiger partial charge >= 0.3 is 0 Å². The summed E-state index contributed by atoms with van der Waals surface area (Å²) in [6, 6.07) is 5.75. The number of imidazole rings is 1. The van der Waals surface area contributed by atoms with Crippen molar-refractivity contribution < 1.29 is 4.79 Å². The molecule has 0 unspecified atom stereocenters. The van der Waals surface area contributed by atoms with E-state index in [1.165, 1.54) is 0 Å². The van der Waals surface area contributed by atoms with Gasteiger partial charge in [0.1, 0.15) is 5.78 Å². The smallest absolute Gasteiger partial charge is 0.207 e. The number of pyridine rings is 1. The number of halogens is 1. The average molecular weight is 223 g/mol. The maximum atomic E-state index is 11.1.